The first-order chi connectivity index (χ1) is 8.41. The molecule has 0 saturated carbocycles. The third-order valence-corrected chi connectivity index (χ3v) is 2.99. The maximum Gasteiger partial charge on any atom is 0.261 e. The maximum absolute atomic E-state index is 12.1. The quantitative estimate of drug-likeness (QED) is 0.603. The first-order valence-corrected chi connectivity index (χ1v) is 5.52. The molecule has 0 bridgehead atoms. The number of piperidine rings is 1. The zero-order valence-electron chi connectivity index (χ0n) is 10.0. The molecule has 0 radical (unpaired) electrons. The number of carbonyl (C=O) groups is 2. The average molecular weight is 247 g/mol. The smallest absolute Gasteiger partial charge is 0.261 e. The van der Waals surface area contributed by atoms with E-state index in [4.69, 9.17) is 0 Å². The molecule has 1 atom stereocenters. The van der Waals surface area contributed by atoms with Crippen LogP contribution in [0.5, 0.6) is 0 Å². The lowest BCUT2D eigenvalue weighted by Gasteiger charge is -2.23. The van der Waals surface area contributed by atoms with Gasteiger partial charge < -0.3 is 0 Å². The van der Waals surface area contributed by atoms with Gasteiger partial charge in [0.15, 0.2) is 0 Å². The van der Waals surface area contributed by atoms with E-state index in [9.17, 15) is 14.4 Å². The highest BCUT2D eigenvalue weighted by Gasteiger charge is 2.29. The molecule has 0 spiro atoms. The van der Waals surface area contributed by atoms with Crippen molar-refractivity contribution in [1.29, 1.82) is 0 Å². The Bertz CT molecular complexity index is 690. The molecule has 2 amide bonds. The molecular weight excluding hydrogens is 234 g/mol. The normalized spacial score (nSPS) is 19.7. The molecule has 1 saturated heterocycles. The summed E-state index contributed by atoms with van der Waals surface area (Å²) in [6.45, 7) is 8.84. The molecule has 6 heteroatoms. The second-order valence-corrected chi connectivity index (χ2v) is 4.23. The van der Waals surface area contributed by atoms with Crippen molar-refractivity contribution in [1.82, 2.24) is 14.9 Å². The van der Waals surface area contributed by atoms with Crippen LogP contribution >= 0.6 is 0 Å². The van der Waals surface area contributed by atoms with Gasteiger partial charge in [0, 0.05) is 6.42 Å². The number of aromatic nitrogens is 2. The molecule has 0 aromatic carbocycles. The van der Waals surface area contributed by atoms with Crippen molar-refractivity contribution < 1.29 is 9.59 Å². The molecular formula is C12H13N3O3. The molecule has 0 aliphatic carbocycles. The van der Waals surface area contributed by atoms with Gasteiger partial charge in [-0.3, -0.25) is 24.3 Å². The van der Waals surface area contributed by atoms with E-state index in [1.54, 1.807) is 6.92 Å². The van der Waals surface area contributed by atoms with Crippen LogP contribution in [0.4, 0.5) is 0 Å². The van der Waals surface area contributed by atoms with Crippen LogP contribution in [0.2, 0.25) is 0 Å². The minimum absolute atomic E-state index is 0.172. The third kappa shape index (κ3) is 1.85. The minimum atomic E-state index is -0.705. The zero-order valence-corrected chi connectivity index (χ0v) is 10.0. The summed E-state index contributed by atoms with van der Waals surface area (Å²) in [6, 6.07) is -0.705. The summed E-state index contributed by atoms with van der Waals surface area (Å²) in [5, 5.41) is 2.69. The van der Waals surface area contributed by atoms with Crippen LogP contribution in [-0.2, 0) is 9.59 Å². The van der Waals surface area contributed by atoms with Crippen LogP contribution < -0.4 is 21.4 Å². The summed E-state index contributed by atoms with van der Waals surface area (Å²) < 4.78 is 1.28. The number of nitrogens with zero attached hydrogens (tertiary/aromatic N) is 2. The molecule has 1 fully saturated rings. The lowest BCUT2D eigenvalue weighted by molar-refractivity contribution is -0.135. The van der Waals surface area contributed by atoms with Gasteiger partial charge in [-0.25, -0.2) is 4.98 Å². The fourth-order valence-electron chi connectivity index (χ4n) is 2.03. The molecule has 94 valence electrons. The molecule has 2 heterocycles. The van der Waals surface area contributed by atoms with E-state index in [0.717, 1.165) is 0 Å². The second kappa shape index (κ2) is 4.21. The lowest BCUT2D eigenvalue weighted by Crippen LogP contribution is -2.52. The van der Waals surface area contributed by atoms with E-state index in [1.807, 2.05) is 0 Å². The van der Waals surface area contributed by atoms with Gasteiger partial charge in [0.05, 0.1) is 10.6 Å². The van der Waals surface area contributed by atoms with Crippen LogP contribution in [0.1, 0.15) is 24.7 Å². The van der Waals surface area contributed by atoms with E-state index >= 15 is 0 Å². The van der Waals surface area contributed by atoms with Gasteiger partial charge in [0.1, 0.15) is 11.9 Å². The van der Waals surface area contributed by atoms with Gasteiger partial charge in [-0.05, 0) is 13.3 Å². The van der Waals surface area contributed by atoms with Crippen LogP contribution in [0.15, 0.2) is 4.79 Å². The zero-order chi connectivity index (χ0) is 13.4. The largest absolute Gasteiger partial charge is 0.295 e. The summed E-state index contributed by atoms with van der Waals surface area (Å²) in [5.41, 5.74) is -0.387. The van der Waals surface area contributed by atoms with E-state index < -0.39 is 11.9 Å². The van der Waals surface area contributed by atoms with Crippen LogP contribution in [-0.4, -0.2) is 21.4 Å². The topological polar surface area (TPSA) is 81.1 Å². The van der Waals surface area contributed by atoms with Gasteiger partial charge in [-0.1, -0.05) is 13.2 Å². The minimum Gasteiger partial charge on any atom is -0.295 e. The van der Waals surface area contributed by atoms with Crippen molar-refractivity contribution >= 4 is 25.0 Å². The highest BCUT2D eigenvalue weighted by atomic mass is 16.2. The number of hydrogen-bond donors (Lipinski definition) is 1. The molecule has 2 rings (SSSR count). The van der Waals surface area contributed by atoms with Crippen molar-refractivity contribution in [2.45, 2.75) is 25.8 Å². The summed E-state index contributed by atoms with van der Waals surface area (Å²) in [5.74, 6) is -0.403. The van der Waals surface area contributed by atoms with Crippen molar-refractivity contribution in [3.05, 3.63) is 26.7 Å². The van der Waals surface area contributed by atoms with E-state index in [0.29, 0.717) is 17.6 Å². The molecule has 1 N–H and O–H groups in total. The van der Waals surface area contributed by atoms with Crippen molar-refractivity contribution in [3.63, 3.8) is 0 Å². The molecule has 1 aliphatic heterocycles. The Morgan fingerprint density at radius 3 is 2.61 bits per heavy atom. The van der Waals surface area contributed by atoms with Crippen molar-refractivity contribution in [2.75, 3.05) is 0 Å². The second-order valence-electron chi connectivity index (χ2n) is 4.23. The predicted molar refractivity (Wildman–Crippen MR) is 64.9 cm³/mol. The standard InChI is InChI=1S/C12H13N3O3/c1-6-7(2)13-8(3)15(12(6)18)9-4-5-10(16)14-11(9)17/h9H,1-2,4-5H2,3H3,(H,14,16,17). The Labute approximate surface area is 103 Å². The van der Waals surface area contributed by atoms with Crippen molar-refractivity contribution in [2.24, 2.45) is 0 Å². The summed E-state index contributed by atoms with van der Waals surface area (Å²) in [6.07, 6.45) is 0.504. The van der Waals surface area contributed by atoms with Gasteiger partial charge in [0.2, 0.25) is 11.8 Å². The fraction of sp³-hybridized carbons (Fsp3) is 0.333. The van der Waals surface area contributed by atoms with Gasteiger partial charge in [-0.15, -0.1) is 0 Å². The number of hydrogen-bond acceptors (Lipinski definition) is 4. The Balaban J connectivity index is 2.59. The number of carbonyl (C=O) groups excluding carboxylic acids is 2. The summed E-state index contributed by atoms with van der Waals surface area (Å²) in [7, 11) is 0. The van der Waals surface area contributed by atoms with Crippen LogP contribution in [0.25, 0.3) is 13.2 Å². The van der Waals surface area contributed by atoms with Crippen LogP contribution in [0, 0.1) is 6.92 Å². The number of imide groups is 1. The van der Waals surface area contributed by atoms with E-state index in [2.05, 4.69) is 23.5 Å². The first-order valence-electron chi connectivity index (χ1n) is 5.52. The van der Waals surface area contributed by atoms with Gasteiger partial charge in [-0.2, -0.15) is 0 Å². The molecule has 18 heavy (non-hydrogen) atoms. The molecule has 1 aromatic rings. The number of nitrogens with one attached hydrogen (secondary N) is 1. The molecule has 1 aromatic heterocycles. The first kappa shape index (κ1) is 12.2. The van der Waals surface area contributed by atoms with Gasteiger partial charge in [0.25, 0.3) is 5.56 Å². The molecule has 1 aliphatic rings. The number of aryl methyl sites for hydroxylation is 1. The SMILES string of the molecule is C=c1nc(C)n(C2CCC(=O)NC2=O)c(=O)c1=C. The van der Waals surface area contributed by atoms with Crippen LogP contribution in [0.3, 0.4) is 0 Å². The highest BCUT2D eigenvalue weighted by molar-refractivity contribution is 5.99. The predicted octanol–water partition coefficient (Wildman–Crippen LogP) is -1.65. The number of amides is 2. The Morgan fingerprint density at radius 1 is 1.33 bits per heavy atom. The van der Waals surface area contributed by atoms with Gasteiger partial charge >= 0.3 is 0 Å². The molecule has 6 nitrogen and oxygen atoms in total. The van der Waals surface area contributed by atoms with Crippen molar-refractivity contribution in [3.8, 4) is 0 Å². The third-order valence-electron chi connectivity index (χ3n) is 2.99. The average Bonchev–Trinajstić information content (AvgIpc) is 2.29. The monoisotopic (exact) mass is 247 g/mol. The lowest BCUT2D eigenvalue weighted by atomic mass is 10.1. The Morgan fingerprint density at radius 2 is 2.00 bits per heavy atom. The van der Waals surface area contributed by atoms with E-state index in [1.165, 1.54) is 4.57 Å². The fourth-order valence-corrected chi connectivity index (χ4v) is 2.03. The maximum atomic E-state index is 12.1. The number of rotatable bonds is 1. The molecule has 1 unspecified atom stereocenters. The Hall–Kier alpha value is -2.24. The summed E-state index contributed by atoms with van der Waals surface area (Å²) >= 11 is 0. The summed E-state index contributed by atoms with van der Waals surface area (Å²) in [4.78, 5) is 39.0. The Kier molecular flexibility index (Phi) is 2.86. The van der Waals surface area contributed by atoms with E-state index in [-0.39, 0.29) is 23.1 Å². The highest BCUT2D eigenvalue weighted by Crippen LogP contribution is 2.16.